The maximum atomic E-state index is 6.81. The molecule has 9 atom stereocenters. The molecule has 0 bridgehead atoms. The molecule has 9 unspecified atom stereocenters. The van der Waals surface area contributed by atoms with Crippen molar-refractivity contribution in [1.82, 2.24) is 16.0 Å². The van der Waals surface area contributed by atoms with Crippen molar-refractivity contribution in [2.24, 2.45) is 29.6 Å². The van der Waals surface area contributed by atoms with Gasteiger partial charge in [0.15, 0.2) is 0 Å². The van der Waals surface area contributed by atoms with Gasteiger partial charge >= 0.3 is 0 Å². The van der Waals surface area contributed by atoms with Crippen LogP contribution in [0.2, 0.25) is 0 Å². The highest BCUT2D eigenvalue weighted by atomic mass is 16.5. The fourth-order valence-corrected chi connectivity index (χ4v) is 8.78. The fourth-order valence-electron chi connectivity index (χ4n) is 8.78. The standard InChI is InChI=1S/C34H47N3O/c1-22-15-17-28-29-18-16-27(21-31(29)38-30(28)19-22)34-36-32(24-11-6-3-7-12-24)35-33(37-34)26-14-8-13-25(20-26)23-9-4-2-5-10-23/h2,4-5,8-10,13-14,20,22,24,27-37H,3,6-7,11-12,15-19,21H2,1H3. The van der Waals surface area contributed by atoms with Crippen LogP contribution in [0.15, 0.2) is 54.6 Å². The number of fused-ring (bicyclic) bond motifs is 3. The van der Waals surface area contributed by atoms with Gasteiger partial charge in [0.1, 0.15) is 0 Å². The summed E-state index contributed by atoms with van der Waals surface area (Å²) in [7, 11) is 0. The molecule has 4 nitrogen and oxygen atoms in total. The highest BCUT2D eigenvalue weighted by Crippen LogP contribution is 2.50. The topological polar surface area (TPSA) is 45.3 Å². The highest BCUT2D eigenvalue weighted by molar-refractivity contribution is 5.64. The molecular formula is C34H47N3O. The van der Waals surface area contributed by atoms with Gasteiger partial charge in [-0.2, -0.15) is 0 Å². The van der Waals surface area contributed by atoms with Crippen LogP contribution in [0.25, 0.3) is 11.1 Å². The van der Waals surface area contributed by atoms with E-state index in [9.17, 15) is 0 Å². The number of hydrogen-bond acceptors (Lipinski definition) is 4. The Bertz CT molecular complexity index is 1070. The molecule has 7 rings (SSSR count). The number of ether oxygens (including phenoxy) is 1. The summed E-state index contributed by atoms with van der Waals surface area (Å²) in [6.45, 7) is 2.42. The maximum Gasteiger partial charge on any atom is 0.0859 e. The molecule has 5 fully saturated rings. The van der Waals surface area contributed by atoms with Crippen molar-refractivity contribution >= 4 is 0 Å². The highest BCUT2D eigenvalue weighted by Gasteiger charge is 2.50. The zero-order valence-electron chi connectivity index (χ0n) is 23.2. The monoisotopic (exact) mass is 513 g/mol. The molecule has 3 N–H and O–H groups in total. The van der Waals surface area contributed by atoms with E-state index in [1.807, 2.05) is 0 Å². The molecule has 3 saturated carbocycles. The zero-order valence-corrected chi connectivity index (χ0v) is 23.2. The first-order chi connectivity index (χ1) is 18.7. The largest absolute Gasteiger partial charge is 0.374 e. The van der Waals surface area contributed by atoms with Crippen molar-refractivity contribution in [3.8, 4) is 11.1 Å². The van der Waals surface area contributed by atoms with Crippen LogP contribution in [0.4, 0.5) is 0 Å². The van der Waals surface area contributed by atoms with Crippen molar-refractivity contribution in [1.29, 1.82) is 0 Å². The van der Waals surface area contributed by atoms with Gasteiger partial charge in [0.25, 0.3) is 0 Å². The molecule has 38 heavy (non-hydrogen) atoms. The fraction of sp³-hybridized carbons (Fsp3) is 0.647. The summed E-state index contributed by atoms with van der Waals surface area (Å²) in [5.74, 6) is 3.81. The van der Waals surface area contributed by atoms with E-state index in [0.717, 1.165) is 23.7 Å². The first-order valence-corrected chi connectivity index (χ1v) is 15.8. The van der Waals surface area contributed by atoms with E-state index in [-0.39, 0.29) is 6.17 Å². The Morgan fingerprint density at radius 1 is 0.632 bits per heavy atom. The minimum absolute atomic E-state index is 0.169. The van der Waals surface area contributed by atoms with Gasteiger partial charge in [0.2, 0.25) is 0 Å². The van der Waals surface area contributed by atoms with Crippen LogP contribution in [0.3, 0.4) is 0 Å². The average molecular weight is 514 g/mol. The van der Waals surface area contributed by atoms with Gasteiger partial charge in [-0.05, 0) is 97.3 Å². The van der Waals surface area contributed by atoms with Gasteiger partial charge in [-0.25, -0.2) is 0 Å². The summed E-state index contributed by atoms with van der Waals surface area (Å²) < 4.78 is 6.81. The predicted molar refractivity (Wildman–Crippen MR) is 154 cm³/mol. The molecule has 5 aliphatic rings. The number of benzene rings is 2. The summed E-state index contributed by atoms with van der Waals surface area (Å²) in [5.41, 5.74) is 3.94. The second-order valence-electron chi connectivity index (χ2n) is 13.3. The lowest BCUT2D eigenvalue weighted by molar-refractivity contribution is -0.0221. The smallest absolute Gasteiger partial charge is 0.0859 e. The quantitative estimate of drug-likeness (QED) is 0.412. The van der Waals surface area contributed by atoms with E-state index < -0.39 is 0 Å². The van der Waals surface area contributed by atoms with Gasteiger partial charge in [0.05, 0.1) is 30.7 Å². The lowest BCUT2D eigenvalue weighted by Crippen LogP contribution is -2.67. The lowest BCUT2D eigenvalue weighted by Gasteiger charge is -2.47. The van der Waals surface area contributed by atoms with Crippen LogP contribution in [-0.2, 0) is 4.74 Å². The molecule has 2 heterocycles. The maximum absolute atomic E-state index is 6.81. The van der Waals surface area contributed by atoms with Gasteiger partial charge in [-0.15, -0.1) is 0 Å². The molecule has 0 amide bonds. The molecule has 0 aromatic heterocycles. The van der Waals surface area contributed by atoms with E-state index in [4.69, 9.17) is 4.74 Å². The average Bonchev–Trinajstić information content (AvgIpc) is 3.34. The summed E-state index contributed by atoms with van der Waals surface area (Å²) in [6.07, 6.45) is 16.7. The van der Waals surface area contributed by atoms with Gasteiger partial charge in [-0.1, -0.05) is 81.1 Å². The Kier molecular flexibility index (Phi) is 7.34. The molecule has 4 heteroatoms. The van der Waals surface area contributed by atoms with Crippen LogP contribution in [0.1, 0.15) is 89.3 Å². The molecule has 204 valence electrons. The molecule has 2 aromatic rings. The SMILES string of the molecule is CC1CCC2C(C1)OC1CC(C3NC(c4cccc(-c5ccccc5)c4)NC(C4CCCCC4)N3)CCC12. The summed E-state index contributed by atoms with van der Waals surface area (Å²) >= 11 is 0. The Labute approximate surface area is 229 Å². The normalized spacial score (nSPS) is 39.9. The molecule has 2 aromatic carbocycles. The van der Waals surface area contributed by atoms with Crippen LogP contribution >= 0.6 is 0 Å². The van der Waals surface area contributed by atoms with Crippen molar-refractivity contribution in [2.75, 3.05) is 0 Å². The van der Waals surface area contributed by atoms with E-state index in [1.54, 1.807) is 0 Å². The van der Waals surface area contributed by atoms with Crippen LogP contribution in [-0.4, -0.2) is 24.5 Å². The van der Waals surface area contributed by atoms with Gasteiger partial charge in [0, 0.05) is 0 Å². The van der Waals surface area contributed by atoms with Crippen molar-refractivity contribution in [2.45, 2.75) is 108 Å². The molecule has 2 aliphatic heterocycles. The van der Waals surface area contributed by atoms with E-state index in [2.05, 4.69) is 77.5 Å². The Balaban J connectivity index is 1.11. The molecule has 2 saturated heterocycles. The Morgan fingerprint density at radius 3 is 2.16 bits per heavy atom. The van der Waals surface area contributed by atoms with Gasteiger partial charge in [-0.3, -0.25) is 16.0 Å². The third-order valence-corrected chi connectivity index (χ3v) is 10.9. The molecule has 0 spiro atoms. The summed E-state index contributed by atoms with van der Waals surface area (Å²) in [4.78, 5) is 0. The Morgan fingerprint density at radius 2 is 1.34 bits per heavy atom. The molecular weight excluding hydrogens is 466 g/mol. The first-order valence-electron chi connectivity index (χ1n) is 15.8. The van der Waals surface area contributed by atoms with Crippen LogP contribution in [0, 0.1) is 29.6 Å². The second-order valence-corrected chi connectivity index (χ2v) is 13.3. The lowest BCUT2D eigenvalue weighted by atomic mass is 9.69. The van der Waals surface area contributed by atoms with Crippen molar-refractivity contribution in [3.05, 3.63) is 60.2 Å². The molecule has 3 aliphatic carbocycles. The van der Waals surface area contributed by atoms with Crippen LogP contribution in [0.5, 0.6) is 0 Å². The van der Waals surface area contributed by atoms with Crippen LogP contribution < -0.4 is 16.0 Å². The van der Waals surface area contributed by atoms with Crippen molar-refractivity contribution < 1.29 is 4.74 Å². The number of nitrogens with one attached hydrogen (secondary N) is 3. The Hall–Kier alpha value is -1.72. The second kappa shape index (κ2) is 11.0. The van der Waals surface area contributed by atoms with Crippen molar-refractivity contribution in [3.63, 3.8) is 0 Å². The number of rotatable bonds is 4. The number of hydrogen-bond donors (Lipinski definition) is 3. The molecule has 0 radical (unpaired) electrons. The third-order valence-electron chi connectivity index (χ3n) is 10.9. The first kappa shape index (κ1) is 25.3. The summed E-state index contributed by atoms with van der Waals surface area (Å²) in [6, 6.07) is 20.0. The summed E-state index contributed by atoms with van der Waals surface area (Å²) in [5, 5.41) is 12.2. The van der Waals surface area contributed by atoms with Gasteiger partial charge < -0.3 is 4.74 Å². The van der Waals surface area contributed by atoms with E-state index in [0.29, 0.717) is 30.5 Å². The predicted octanol–water partition coefficient (Wildman–Crippen LogP) is 6.99. The van der Waals surface area contributed by atoms with E-state index >= 15 is 0 Å². The third kappa shape index (κ3) is 5.10. The minimum atomic E-state index is 0.169. The zero-order chi connectivity index (χ0) is 25.5. The minimum Gasteiger partial charge on any atom is -0.374 e. The van der Waals surface area contributed by atoms with E-state index in [1.165, 1.54) is 87.3 Å².